The monoisotopic (exact) mass is 291 g/mol. The van der Waals surface area contributed by atoms with Gasteiger partial charge in [-0.05, 0) is 0 Å². The van der Waals surface area contributed by atoms with Crippen molar-refractivity contribution in [1.82, 2.24) is 0 Å². The van der Waals surface area contributed by atoms with Crippen LogP contribution in [0.2, 0.25) is 0 Å². The van der Waals surface area contributed by atoms with E-state index < -0.39 is 0 Å². The first kappa shape index (κ1) is 12.9. The molecule has 1 rings (SSSR count). The van der Waals surface area contributed by atoms with Gasteiger partial charge in [0.25, 0.3) is 0 Å². The molecule has 0 bridgehead atoms. The van der Waals surface area contributed by atoms with Crippen molar-refractivity contribution in [3.63, 3.8) is 0 Å². The van der Waals surface area contributed by atoms with E-state index in [0.29, 0.717) is 0 Å². The average Bonchev–Trinajstić information content (AvgIpc) is 2.15. The molecule has 1 heterocycles. The van der Waals surface area contributed by atoms with Crippen molar-refractivity contribution in [2.45, 2.75) is 39.7 Å². The van der Waals surface area contributed by atoms with Gasteiger partial charge in [-0.3, -0.25) is 0 Å². The molecule has 1 aromatic heterocycles. The molecule has 0 saturated carbocycles. The molecular weight excluding hydrogens is 273 g/mol. The summed E-state index contributed by atoms with van der Waals surface area (Å²) in [7, 11) is 0. The second-order valence-corrected chi connectivity index (χ2v) is 3.09. The van der Waals surface area contributed by atoms with Gasteiger partial charge in [0.2, 0.25) is 0 Å². The maximum atomic E-state index is 2.35. The number of halogens is 1. The summed E-state index contributed by atoms with van der Waals surface area (Å²) in [6.07, 6.45) is 5.85. The summed E-state index contributed by atoms with van der Waals surface area (Å²) in [4.78, 5) is 0. The SMILES string of the molecule is CCCC[n+]1ccccc1CC.[I-]. The van der Waals surface area contributed by atoms with Crippen molar-refractivity contribution >= 4 is 0 Å². The maximum absolute atomic E-state index is 2.35. The van der Waals surface area contributed by atoms with Crippen molar-refractivity contribution in [2.24, 2.45) is 0 Å². The van der Waals surface area contributed by atoms with Crippen molar-refractivity contribution in [3.8, 4) is 0 Å². The number of unbranched alkanes of at least 4 members (excludes halogenated alkanes) is 1. The fourth-order valence-corrected chi connectivity index (χ4v) is 1.38. The van der Waals surface area contributed by atoms with E-state index >= 15 is 0 Å². The molecule has 0 N–H and O–H groups in total. The fourth-order valence-electron chi connectivity index (χ4n) is 1.38. The third-order valence-electron chi connectivity index (χ3n) is 2.15. The second-order valence-electron chi connectivity index (χ2n) is 3.09. The summed E-state index contributed by atoms with van der Waals surface area (Å²) in [6, 6.07) is 6.42. The highest BCUT2D eigenvalue weighted by Gasteiger charge is 2.04. The predicted octanol–water partition coefficient (Wildman–Crippen LogP) is -0.659. The van der Waals surface area contributed by atoms with Crippen molar-refractivity contribution in [3.05, 3.63) is 30.1 Å². The lowest BCUT2D eigenvalue weighted by molar-refractivity contribution is -0.704. The lowest BCUT2D eigenvalue weighted by Gasteiger charge is -1.99. The van der Waals surface area contributed by atoms with Gasteiger partial charge in [0, 0.05) is 25.0 Å². The molecule has 0 aliphatic rings. The summed E-state index contributed by atoms with van der Waals surface area (Å²) >= 11 is 0. The second kappa shape index (κ2) is 7.30. The van der Waals surface area contributed by atoms with Gasteiger partial charge in [0.05, 0.1) is 0 Å². The van der Waals surface area contributed by atoms with Crippen LogP contribution in [0.3, 0.4) is 0 Å². The first-order valence-electron chi connectivity index (χ1n) is 4.85. The fraction of sp³-hybridized carbons (Fsp3) is 0.545. The van der Waals surface area contributed by atoms with E-state index in [4.69, 9.17) is 0 Å². The Labute approximate surface area is 98.2 Å². The molecule has 1 aromatic rings. The number of nitrogens with zero attached hydrogens (tertiary/aromatic N) is 1. The lowest BCUT2D eigenvalue weighted by atomic mass is 10.2. The Kier molecular flexibility index (Phi) is 7.23. The molecule has 0 aliphatic heterocycles. The zero-order valence-electron chi connectivity index (χ0n) is 8.46. The van der Waals surface area contributed by atoms with Crippen LogP contribution < -0.4 is 28.5 Å². The van der Waals surface area contributed by atoms with Crippen molar-refractivity contribution < 1.29 is 28.5 Å². The lowest BCUT2D eigenvalue weighted by Crippen LogP contribution is -3.00. The van der Waals surface area contributed by atoms with Crippen molar-refractivity contribution in [1.29, 1.82) is 0 Å². The topological polar surface area (TPSA) is 3.88 Å². The smallest absolute Gasteiger partial charge is 0.181 e. The number of aryl methyl sites for hydroxylation is 2. The molecule has 0 radical (unpaired) electrons. The summed E-state index contributed by atoms with van der Waals surface area (Å²) in [6.45, 7) is 5.60. The predicted molar refractivity (Wildman–Crippen MR) is 50.9 cm³/mol. The zero-order valence-corrected chi connectivity index (χ0v) is 10.6. The minimum absolute atomic E-state index is 0. The Balaban J connectivity index is 0.00000144. The van der Waals surface area contributed by atoms with E-state index in [2.05, 4.69) is 42.8 Å². The van der Waals surface area contributed by atoms with E-state index in [-0.39, 0.29) is 24.0 Å². The van der Waals surface area contributed by atoms with Crippen LogP contribution in [0.15, 0.2) is 24.4 Å². The van der Waals surface area contributed by atoms with E-state index in [0.717, 1.165) is 6.42 Å². The summed E-state index contributed by atoms with van der Waals surface area (Å²) in [5.41, 5.74) is 1.44. The summed E-state index contributed by atoms with van der Waals surface area (Å²) < 4.78 is 2.35. The van der Waals surface area contributed by atoms with E-state index in [1.807, 2.05) is 0 Å². The van der Waals surface area contributed by atoms with E-state index in [1.54, 1.807) is 0 Å². The zero-order chi connectivity index (χ0) is 8.81. The Bertz CT molecular complexity index is 235. The molecule has 0 fully saturated rings. The van der Waals surface area contributed by atoms with Crippen LogP contribution in [0.25, 0.3) is 0 Å². The molecule has 2 heteroatoms. The molecule has 0 spiro atoms. The van der Waals surface area contributed by atoms with Crippen LogP contribution in [0.4, 0.5) is 0 Å². The molecule has 13 heavy (non-hydrogen) atoms. The Morgan fingerprint density at radius 1 is 1.23 bits per heavy atom. The third kappa shape index (κ3) is 4.07. The van der Waals surface area contributed by atoms with Crippen LogP contribution in [-0.4, -0.2) is 0 Å². The van der Waals surface area contributed by atoms with Gasteiger partial charge in [-0.25, -0.2) is 4.57 Å². The van der Waals surface area contributed by atoms with Crippen LogP contribution >= 0.6 is 0 Å². The Morgan fingerprint density at radius 3 is 2.62 bits per heavy atom. The van der Waals surface area contributed by atoms with Crippen molar-refractivity contribution in [2.75, 3.05) is 0 Å². The standard InChI is InChI=1S/C11H18N.HI/c1-3-5-9-12-10-7-6-8-11(12)4-2;/h6-8,10H,3-5,9H2,1-2H3;1H/q+1;/p-1. The largest absolute Gasteiger partial charge is 1.00 e. The minimum atomic E-state index is 0. The van der Waals surface area contributed by atoms with Gasteiger partial charge in [-0.2, -0.15) is 0 Å². The van der Waals surface area contributed by atoms with Gasteiger partial charge in [0.1, 0.15) is 6.54 Å². The van der Waals surface area contributed by atoms with Gasteiger partial charge < -0.3 is 24.0 Å². The van der Waals surface area contributed by atoms with Gasteiger partial charge >= 0.3 is 0 Å². The molecule has 0 atom stereocenters. The molecular formula is C11H18IN. The van der Waals surface area contributed by atoms with E-state index in [9.17, 15) is 0 Å². The summed E-state index contributed by atoms with van der Waals surface area (Å²) in [5.74, 6) is 0. The van der Waals surface area contributed by atoms with Crippen LogP contribution in [0.5, 0.6) is 0 Å². The quantitative estimate of drug-likeness (QED) is 0.512. The van der Waals surface area contributed by atoms with Gasteiger partial charge in [-0.1, -0.05) is 26.3 Å². The molecule has 0 aromatic carbocycles. The summed E-state index contributed by atoms with van der Waals surface area (Å²) in [5, 5.41) is 0. The van der Waals surface area contributed by atoms with Crippen LogP contribution in [-0.2, 0) is 13.0 Å². The molecule has 0 unspecified atom stereocenters. The molecule has 0 amide bonds. The molecule has 0 saturated heterocycles. The minimum Gasteiger partial charge on any atom is -1.00 e. The molecule has 0 aliphatic carbocycles. The number of hydrogen-bond donors (Lipinski definition) is 0. The average molecular weight is 291 g/mol. The highest BCUT2D eigenvalue weighted by molar-refractivity contribution is 4.96. The first-order chi connectivity index (χ1) is 5.88. The maximum Gasteiger partial charge on any atom is 0.181 e. The Morgan fingerprint density at radius 2 is 2.00 bits per heavy atom. The Hall–Kier alpha value is -0.120. The van der Waals surface area contributed by atoms with E-state index in [1.165, 1.54) is 25.1 Å². The molecule has 74 valence electrons. The first-order valence-corrected chi connectivity index (χ1v) is 4.85. The number of aromatic nitrogens is 1. The normalized spacial score (nSPS) is 9.38. The van der Waals surface area contributed by atoms with Crippen LogP contribution in [0, 0.1) is 0 Å². The third-order valence-corrected chi connectivity index (χ3v) is 2.15. The van der Waals surface area contributed by atoms with Crippen LogP contribution in [0.1, 0.15) is 32.4 Å². The van der Waals surface area contributed by atoms with Gasteiger partial charge in [-0.15, -0.1) is 0 Å². The van der Waals surface area contributed by atoms with Gasteiger partial charge in [0.15, 0.2) is 11.9 Å². The molecule has 1 nitrogen and oxygen atoms in total. The number of rotatable bonds is 4. The highest BCUT2D eigenvalue weighted by Crippen LogP contribution is 1.94. The highest BCUT2D eigenvalue weighted by atomic mass is 127. The number of hydrogen-bond acceptors (Lipinski definition) is 0. The number of pyridine rings is 1.